The number of esters is 1. The van der Waals surface area contributed by atoms with Gasteiger partial charge in [-0.2, -0.15) is 0 Å². The highest BCUT2D eigenvalue weighted by Gasteiger charge is 2.44. The second kappa shape index (κ2) is 41.0. The Morgan fingerprint density at radius 3 is 1.48 bits per heavy atom. The lowest BCUT2D eigenvalue weighted by molar-refractivity contribution is -0.305. The molecule has 0 aliphatic carbocycles. The fraction of sp³-hybridized carbons (Fsp3) is 0.898. The van der Waals surface area contributed by atoms with Crippen molar-refractivity contribution in [3.05, 3.63) is 24.3 Å². The first-order chi connectivity index (χ1) is 28.4. The van der Waals surface area contributed by atoms with Gasteiger partial charge in [0.15, 0.2) is 6.29 Å². The Balaban J connectivity index is 2.14. The van der Waals surface area contributed by atoms with E-state index in [-0.39, 0.29) is 19.2 Å². The van der Waals surface area contributed by atoms with Crippen LogP contribution in [0.5, 0.6) is 0 Å². The zero-order chi connectivity index (χ0) is 42.2. The van der Waals surface area contributed by atoms with Crippen molar-refractivity contribution in [2.75, 3.05) is 26.4 Å². The van der Waals surface area contributed by atoms with E-state index >= 15 is 0 Å². The summed E-state index contributed by atoms with van der Waals surface area (Å²) in [4.78, 5) is 12.8. The van der Waals surface area contributed by atoms with Gasteiger partial charge in [-0.05, 0) is 44.9 Å². The fourth-order valence-corrected chi connectivity index (χ4v) is 7.52. The molecule has 1 heterocycles. The standard InChI is InChI=1S/C49H92O9/c1-3-5-7-9-11-13-15-16-17-18-19-20-21-22-23-24-25-26-27-28-29-30-32-34-36-38-45(51)57-43(41-55-39-37-35-33-31-14-12-10-8-6-4-2)42-56-49-48(54)47(53)46(52)44(40-50)58-49/h15-16,18-19,43-44,46-50,52-54H,3-14,17,20-42H2,1-2H3/b16-15-,19-18-. The van der Waals surface area contributed by atoms with Gasteiger partial charge < -0.3 is 39.4 Å². The average Bonchev–Trinajstić information content (AvgIpc) is 3.22. The normalized spacial score (nSPS) is 20.4. The lowest BCUT2D eigenvalue weighted by atomic mass is 9.99. The van der Waals surface area contributed by atoms with Crippen LogP contribution in [-0.4, -0.2) is 89.6 Å². The second-order valence-corrected chi connectivity index (χ2v) is 16.9. The minimum atomic E-state index is -1.53. The summed E-state index contributed by atoms with van der Waals surface area (Å²) in [5.74, 6) is -0.312. The van der Waals surface area contributed by atoms with E-state index in [1.54, 1.807) is 0 Å². The molecule has 0 saturated carbocycles. The summed E-state index contributed by atoms with van der Waals surface area (Å²) in [5, 5.41) is 40.1. The zero-order valence-corrected chi connectivity index (χ0v) is 37.6. The van der Waals surface area contributed by atoms with Crippen molar-refractivity contribution in [3.8, 4) is 0 Å². The monoisotopic (exact) mass is 825 g/mol. The summed E-state index contributed by atoms with van der Waals surface area (Å²) in [7, 11) is 0. The van der Waals surface area contributed by atoms with Gasteiger partial charge in [-0.25, -0.2) is 0 Å². The number of aliphatic hydroxyl groups is 4. The molecule has 0 radical (unpaired) electrons. The molecule has 0 aromatic carbocycles. The minimum absolute atomic E-state index is 0.109. The third-order valence-electron chi connectivity index (χ3n) is 11.4. The first-order valence-electron chi connectivity index (χ1n) is 24.4. The van der Waals surface area contributed by atoms with Crippen LogP contribution in [0, 0.1) is 0 Å². The molecule has 1 rings (SSSR count). The van der Waals surface area contributed by atoms with Crippen molar-refractivity contribution < 1.29 is 44.2 Å². The predicted molar refractivity (Wildman–Crippen MR) is 238 cm³/mol. The third kappa shape index (κ3) is 31.5. The van der Waals surface area contributed by atoms with Crippen LogP contribution in [0.3, 0.4) is 0 Å². The fourth-order valence-electron chi connectivity index (χ4n) is 7.52. The Morgan fingerprint density at radius 1 is 0.552 bits per heavy atom. The molecule has 4 N–H and O–H groups in total. The summed E-state index contributed by atoms with van der Waals surface area (Å²) in [5.41, 5.74) is 0. The predicted octanol–water partition coefficient (Wildman–Crippen LogP) is 11.4. The lowest BCUT2D eigenvalue weighted by Crippen LogP contribution is -2.59. The number of unbranched alkanes of at least 4 members (excludes halogenated alkanes) is 27. The van der Waals surface area contributed by atoms with E-state index in [1.165, 1.54) is 161 Å². The van der Waals surface area contributed by atoms with E-state index in [2.05, 4.69) is 38.2 Å². The highest BCUT2D eigenvalue weighted by molar-refractivity contribution is 5.69. The number of rotatable bonds is 42. The minimum Gasteiger partial charge on any atom is -0.457 e. The molecule has 0 amide bonds. The smallest absolute Gasteiger partial charge is 0.306 e. The number of hydrogen-bond donors (Lipinski definition) is 4. The van der Waals surface area contributed by atoms with E-state index in [9.17, 15) is 25.2 Å². The highest BCUT2D eigenvalue weighted by Crippen LogP contribution is 2.23. The summed E-state index contributed by atoms with van der Waals surface area (Å²) < 4.78 is 22.8. The molecule has 9 nitrogen and oxygen atoms in total. The molecular formula is C49H92O9. The Morgan fingerprint density at radius 2 is 1.00 bits per heavy atom. The summed E-state index contributed by atoms with van der Waals surface area (Å²) >= 11 is 0. The summed E-state index contributed by atoms with van der Waals surface area (Å²) in [6.07, 6.45) is 40.7. The molecule has 1 fully saturated rings. The molecule has 6 atom stereocenters. The second-order valence-electron chi connectivity index (χ2n) is 16.9. The van der Waals surface area contributed by atoms with Crippen LogP contribution in [0.4, 0.5) is 0 Å². The van der Waals surface area contributed by atoms with Crippen molar-refractivity contribution in [1.82, 2.24) is 0 Å². The van der Waals surface area contributed by atoms with Crippen LogP contribution in [0.2, 0.25) is 0 Å². The summed E-state index contributed by atoms with van der Waals surface area (Å²) in [6.45, 7) is 4.56. The molecule has 0 aromatic heterocycles. The van der Waals surface area contributed by atoms with Crippen LogP contribution in [0.25, 0.3) is 0 Å². The van der Waals surface area contributed by atoms with Crippen molar-refractivity contribution >= 4 is 5.97 Å². The van der Waals surface area contributed by atoms with E-state index < -0.39 is 43.4 Å². The first-order valence-corrected chi connectivity index (χ1v) is 24.4. The Hall–Kier alpha value is -1.33. The van der Waals surface area contributed by atoms with Gasteiger partial charge in [-0.15, -0.1) is 0 Å². The number of aliphatic hydroxyl groups excluding tert-OH is 4. The highest BCUT2D eigenvalue weighted by atomic mass is 16.7. The molecule has 0 spiro atoms. The van der Waals surface area contributed by atoms with E-state index in [0.29, 0.717) is 13.0 Å². The third-order valence-corrected chi connectivity index (χ3v) is 11.4. The summed E-state index contributed by atoms with van der Waals surface area (Å²) in [6, 6.07) is 0. The number of hydrogen-bond acceptors (Lipinski definition) is 9. The molecule has 0 bridgehead atoms. The molecule has 342 valence electrons. The van der Waals surface area contributed by atoms with Gasteiger partial charge in [-0.1, -0.05) is 192 Å². The quantitative estimate of drug-likeness (QED) is 0.0269. The number of carbonyl (C=O) groups is 1. The molecule has 1 aliphatic rings. The first kappa shape index (κ1) is 54.7. The maximum atomic E-state index is 12.8. The average molecular weight is 825 g/mol. The molecular weight excluding hydrogens is 733 g/mol. The topological polar surface area (TPSA) is 135 Å². The van der Waals surface area contributed by atoms with Gasteiger partial charge in [0.05, 0.1) is 19.8 Å². The SMILES string of the molecule is CCCCCCC/C=C\C/C=C\CCCCCCCCCCCCCCCC(=O)OC(COCCCCCCCCCCCC)COC1OC(CO)C(O)C(O)C1O. The van der Waals surface area contributed by atoms with Crippen LogP contribution in [-0.2, 0) is 23.7 Å². The van der Waals surface area contributed by atoms with Crippen molar-refractivity contribution in [1.29, 1.82) is 0 Å². The van der Waals surface area contributed by atoms with E-state index in [0.717, 1.165) is 38.5 Å². The van der Waals surface area contributed by atoms with Crippen LogP contribution in [0.1, 0.15) is 219 Å². The zero-order valence-electron chi connectivity index (χ0n) is 37.6. The largest absolute Gasteiger partial charge is 0.457 e. The molecule has 58 heavy (non-hydrogen) atoms. The molecule has 9 heteroatoms. The molecule has 1 saturated heterocycles. The number of carbonyl (C=O) groups excluding carboxylic acids is 1. The van der Waals surface area contributed by atoms with Crippen LogP contribution in [0.15, 0.2) is 24.3 Å². The van der Waals surface area contributed by atoms with Gasteiger partial charge >= 0.3 is 5.97 Å². The van der Waals surface area contributed by atoms with Crippen LogP contribution >= 0.6 is 0 Å². The number of ether oxygens (including phenoxy) is 4. The molecule has 1 aliphatic heterocycles. The van der Waals surface area contributed by atoms with Gasteiger partial charge in [0.2, 0.25) is 0 Å². The maximum absolute atomic E-state index is 12.8. The van der Waals surface area contributed by atoms with Crippen molar-refractivity contribution in [2.24, 2.45) is 0 Å². The van der Waals surface area contributed by atoms with Crippen molar-refractivity contribution in [3.63, 3.8) is 0 Å². The Labute approximate surface area is 356 Å². The number of allylic oxidation sites excluding steroid dienone is 4. The molecule has 6 unspecified atom stereocenters. The van der Waals surface area contributed by atoms with Gasteiger partial charge in [0.25, 0.3) is 0 Å². The van der Waals surface area contributed by atoms with E-state index in [1.807, 2.05) is 0 Å². The van der Waals surface area contributed by atoms with Gasteiger partial charge in [0.1, 0.15) is 30.5 Å². The lowest BCUT2D eigenvalue weighted by Gasteiger charge is -2.39. The Kier molecular flexibility index (Phi) is 38.7. The Bertz CT molecular complexity index is 941. The van der Waals surface area contributed by atoms with Gasteiger partial charge in [0, 0.05) is 13.0 Å². The molecule has 0 aromatic rings. The van der Waals surface area contributed by atoms with Gasteiger partial charge in [-0.3, -0.25) is 4.79 Å². The van der Waals surface area contributed by atoms with E-state index in [4.69, 9.17) is 18.9 Å². The van der Waals surface area contributed by atoms with Crippen molar-refractivity contribution in [2.45, 2.75) is 256 Å². The maximum Gasteiger partial charge on any atom is 0.306 e. The van der Waals surface area contributed by atoms with Crippen LogP contribution < -0.4 is 0 Å².